The second kappa shape index (κ2) is 6.20. The van der Waals surface area contributed by atoms with Crippen molar-refractivity contribution in [3.05, 3.63) is 0 Å². The average molecular weight is 204 g/mol. The van der Waals surface area contributed by atoms with Crippen molar-refractivity contribution in [1.29, 1.82) is 0 Å². The molecule has 0 fully saturated rings. The van der Waals surface area contributed by atoms with Crippen LogP contribution in [0.3, 0.4) is 0 Å². The summed E-state index contributed by atoms with van der Waals surface area (Å²) in [6.07, 6.45) is -0.646. The lowest BCUT2D eigenvalue weighted by Crippen LogP contribution is -2.43. The van der Waals surface area contributed by atoms with E-state index in [2.05, 4.69) is 4.74 Å². The van der Waals surface area contributed by atoms with Crippen LogP contribution in [-0.2, 0) is 9.53 Å². The second-order valence-corrected chi connectivity index (χ2v) is 3.03. The Hall–Kier alpha value is -1.30. The van der Waals surface area contributed by atoms with E-state index >= 15 is 0 Å². The molecular formula is C8H16N2O4. The van der Waals surface area contributed by atoms with Crippen LogP contribution in [-0.4, -0.2) is 47.8 Å². The zero-order valence-electron chi connectivity index (χ0n) is 8.40. The summed E-state index contributed by atoms with van der Waals surface area (Å²) in [5, 5.41) is 8.43. The number of carbonyl (C=O) groups is 2. The summed E-state index contributed by atoms with van der Waals surface area (Å²) >= 11 is 0. The fourth-order valence-electron chi connectivity index (χ4n) is 0.842. The molecule has 0 atom stereocenters. The van der Waals surface area contributed by atoms with Gasteiger partial charge in [-0.3, -0.25) is 9.69 Å². The van der Waals surface area contributed by atoms with Gasteiger partial charge in [0.1, 0.15) is 13.2 Å². The molecule has 0 radical (unpaired) electrons. The highest BCUT2D eigenvalue weighted by Gasteiger charge is 2.19. The summed E-state index contributed by atoms with van der Waals surface area (Å²) in [4.78, 5) is 23.1. The molecule has 0 aromatic carbocycles. The van der Waals surface area contributed by atoms with Crippen LogP contribution >= 0.6 is 0 Å². The third kappa shape index (κ3) is 4.66. The molecule has 6 heteroatoms. The summed E-state index contributed by atoms with van der Waals surface area (Å²) in [5.41, 5.74) is 4.96. The Bertz CT molecular complexity index is 206. The number of amides is 2. The maximum Gasteiger partial charge on any atom is 0.410 e. The van der Waals surface area contributed by atoms with E-state index in [1.807, 2.05) is 0 Å². The number of nitrogens with two attached hydrogens (primary N) is 1. The Morgan fingerprint density at radius 3 is 2.43 bits per heavy atom. The van der Waals surface area contributed by atoms with Gasteiger partial charge >= 0.3 is 6.09 Å². The zero-order valence-corrected chi connectivity index (χ0v) is 8.40. The van der Waals surface area contributed by atoms with Crippen LogP contribution in [0.4, 0.5) is 4.79 Å². The van der Waals surface area contributed by atoms with Crippen molar-refractivity contribution < 1.29 is 19.4 Å². The van der Waals surface area contributed by atoms with Crippen molar-refractivity contribution in [2.45, 2.75) is 19.9 Å². The second-order valence-electron chi connectivity index (χ2n) is 3.03. The summed E-state index contributed by atoms with van der Waals surface area (Å²) in [6, 6.07) is -0.173. The van der Waals surface area contributed by atoms with Gasteiger partial charge < -0.3 is 15.6 Å². The monoisotopic (exact) mass is 204 g/mol. The van der Waals surface area contributed by atoms with Crippen molar-refractivity contribution >= 4 is 12.0 Å². The molecule has 82 valence electrons. The molecular weight excluding hydrogens is 188 g/mol. The summed E-state index contributed by atoms with van der Waals surface area (Å²) in [5.74, 6) is -0.598. The first kappa shape index (κ1) is 12.7. The number of aliphatic hydroxyl groups is 1. The number of hydrogen-bond acceptors (Lipinski definition) is 4. The summed E-state index contributed by atoms with van der Waals surface area (Å²) < 4.78 is 4.64. The number of nitrogens with zero attached hydrogens (tertiary/aromatic N) is 1. The lowest BCUT2D eigenvalue weighted by molar-refractivity contribution is -0.119. The average Bonchev–Trinajstić information content (AvgIpc) is 2.09. The largest absolute Gasteiger partial charge is 0.447 e. The molecule has 0 spiro atoms. The minimum Gasteiger partial charge on any atom is -0.447 e. The van der Waals surface area contributed by atoms with Crippen LogP contribution in [0, 0.1) is 0 Å². The van der Waals surface area contributed by atoms with Gasteiger partial charge in [0.2, 0.25) is 5.91 Å². The molecule has 0 bridgehead atoms. The van der Waals surface area contributed by atoms with E-state index in [0.717, 1.165) is 0 Å². The molecule has 0 aliphatic rings. The highest BCUT2D eigenvalue weighted by Crippen LogP contribution is 2.00. The number of carbonyl (C=O) groups excluding carboxylic acids is 2. The number of aliphatic hydroxyl groups excluding tert-OH is 1. The Morgan fingerprint density at radius 2 is 2.07 bits per heavy atom. The molecule has 0 aromatic heterocycles. The molecule has 0 saturated heterocycles. The molecule has 0 aliphatic carbocycles. The predicted octanol–water partition coefficient (Wildman–Crippen LogP) is -0.689. The quantitative estimate of drug-likeness (QED) is 0.620. The van der Waals surface area contributed by atoms with Gasteiger partial charge in [0, 0.05) is 6.04 Å². The standard InChI is InChI=1S/C8H16N2O4/c1-6(2)10(5-7(9)12)8(13)14-4-3-11/h6,11H,3-5H2,1-2H3,(H2,9,12). The maximum absolute atomic E-state index is 11.3. The van der Waals surface area contributed by atoms with Crippen molar-refractivity contribution in [3.8, 4) is 0 Å². The molecule has 0 aromatic rings. The topological polar surface area (TPSA) is 92.9 Å². The summed E-state index contributed by atoms with van der Waals surface area (Å²) in [6.45, 7) is 2.98. The number of primary amides is 1. The van der Waals surface area contributed by atoms with Crippen LogP contribution in [0.15, 0.2) is 0 Å². The predicted molar refractivity (Wildman–Crippen MR) is 49.5 cm³/mol. The van der Waals surface area contributed by atoms with Gasteiger partial charge in [0.15, 0.2) is 0 Å². The Balaban J connectivity index is 4.19. The SMILES string of the molecule is CC(C)N(CC(N)=O)C(=O)OCCO. The maximum atomic E-state index is 11.3. The number of hydrogen-bond donors (Lipinski definition) is 2. The van der Waals surface area contributed by atoms with Crippen LogP contribution in [0.2, 0.25) is 0 Å². The van der Waals surface area contributed by atoms with E-state index in [1.54, 1.807) is 13.8 Å². The Morgan fingerprint density at radius 1 is 1.50 bits per heavy atom. The fourth-order valence-corrected chi connectivity index (χ4v) is 0.842. The van der Waals surface area contributed by atoms with Gasteiger partial charge in [-0.05, 0) is 13.8 Å². The fraction of sp³-hybridized carbons (Fsp3) is 0.750. The third-order valence-corrected chi connectivity index (χ3v) is 1.50. The normalized spacial score (nSPS) is 10.0. The Labute approximate surface area is 82.6 Å². The lowest BCUT2D eigenvalue weighted by atomic mass is 10.3. The zero-order chi connectivity index (χ0) is 11.1. The van der Waals surface area contributed by atoms with Crippen LogP contribution in [0.25, 0.3) is 0 Å². The minimum atomic E-state index is -0.646. The molecule has 2 amide bonds. The van der Waals surface area contributed by atoms with E-state index in [-0.39, 0.29) is 25.8 Å². The first-order valence-electron chi connectivity index (χ1n) is 4.31. The van der Waals surface area contributed by atoms with Gasteiger partial charge in [-0.2, -0.15) is 0 Å². The van der Waals surface area contributed by atoms with Gasteiger partial charge in [-0.1, -0.05) is 0 Å². The van der Waals surface area contributed by atoms with Crippen LogP contribution in [0.1, 0.15) is 13.8 Å². The van der Waals surface area contributed by atoms with Crippen molar-refractivity contribution in [3.63, 3.8) is 0 Å². The number of ether oxygens (including phenoxy) is 1. The van der Waals surface area contributed by atoms with Crippen molar-refractivity contribution in [1.82, 2.24) is 4.90 Å². The minimum absolute atomic E-state index is 0.0825. The molecule has 14 heavy (non-hydrogen) atoms. The first-order valence-corrected chi connectivity index (χ1v) is 4.31. The number of rotatable bonds is 5. The van der Waals surface area contributed by atoms with E-state index in [0.29, 0.717) is 0 Å². The van der Waals surface area contributed by atoms with E-state index in [9.17, 15) is 9.59 Å². The summed E-state index contributed by atoms with van der Waals surface area (Å²) in [7, 11) is 0. The first-order chi connectivity index (χ1) is 6.49. The molecule has 0 unspecified atom stereocenters. The Kier molecular flexibility index (Phi) is 5.62. The molecule has 6 nitrogen and oxygen atoms in total. The molecule has 0 saturated carbocycles. The van der Waals surface area contributed by atoms with Crippen LogP contribution < -0.4 is 5.73 Å². The van der Waals surface area contributed by atoms with E-state index in [4.69, 9.17) is 10.8 Å². The third-order valence-electron chi connectivity index (χ3n) is 1.50. The molecule has 3 N–H and O–H groups in total. The smallest absolute Gasteiger partial charge is 0.410 e. The van der Waals surface area contributed by atoms with Gasteiger partial charge in [-0.15, -0.1) is 0 Å². The lowest BCUT2D eigenvalue weighted by Gasteiger charge is -2.24. The highest BCUT2D eigenvalue weighted by molar-refractivity contribution is 5.80. The van der Waals surface area contributed by atoms with Crippen molar-refractivity contribution in [2.75, 3.05) is 19.8 Å². The highest BCUT2D eigenvalue weighted by atomic mass is 16.6. The van der Waals surface area contributed by atoms with Gasteiger partial charge in [0.25, 0.3) is 0 Å². The molecule has 0 aliphatic heterocycles. The van der Waals surface area contributed by atoms with Gasteiger partial charge in [-0.25, -0.2) is 4.79 Å². The van der Waals surface area contributed by atoms with Crippen molar-refractivity contribution in [2.24, 2.45) is 5.73 Å². The van der Waals surface area contributed by atoms with Crippen LogP contribution in [0.5, 0.6) is 0 Å². The van der Waals surface area contributed by atoms with E-state index in [1.165, 1.54) is 4.90 Å². The molecule has 0 rings (SSSR count). The molecule has 0 heterocycles. The van der Waals surface area contributed by atoms with Gasteiger partial charge in [0.05, 0.1) is 6.61 Å². The van der Waals surface area contributed by atoms with E-state index < -0.39 is 12.0 Å².